The number of hydrogen-bond donors (Lipinski definition) is 3. The van der Waals surface area contributed by atoms with Crippen LogP contribution in [-0.2, 0) is 27.8 Å². The van der Waals surface area contributed by atoms with E-state index in [-0.39, 0.29) is 17.2 Å². The number of imidazole rings is 1. The Morgan fingerprint density at radius 1 is 1.19 bits per heavy atom. The molecule has 2 heterocycles. The van der Waals surface area contributed by atoms with Crippen LogP contribution in [0.25, 0.3) is 11.0 Å². The van der Waals surface area contributed by atoms with Crippen molar-refractivity contribution >= 4 is 32.9 Å². The zero-order chi connectivity index (χ0) is 22.8. The summed E-state index contributed by atoms with van der Waals surface area (Å²) in [4.78, 5) is 28.9. The molecular formula is C20H25N5O5S. The molecule has 0 bridgehead atoms. The van der Waals surface area contributed by atoms with E-state index in [1.807, 2.05) is 11.5 Å². The van der Waals surface area contributed by atoms with Gasteiger partial charge in [-0.3, -0.25) is 20.4 Å². The quantitative estimate of drug-likeness (QED) is 0.469. The zero-order valence-corrected chi connectivity index (χ0v) is 18.4. The molecule has 0 spiro atoms. The van der Waals surface area contributed by atoms with E-state index < -0.39 is 15.9 Å². The number of hydrogen-bond acceptors (Lipinski definition) is 6. The largest absolute Gasteiger partial charge is 0.466 e. The molecule has 0 atom stereocenters. The molecule has 1 aromatic carbocycles. The number of aromatic nitrogens is 2. The molecule has 0 aliphatic heterocycles. The highest BCUT2D eigenvalue weighted by Gasteiger charge is 2.17. The molecule has 3 aromatic rings. The summed E-state index contributed by atoms with van der Waals surface area (Å²) in [6, 6.07) is 6.13. The highest BCUT2D eigenvalue weighted by molar-refractivity contribution is 7.89. The van der Waals surface area contributed by atoms with Crippen molar-refractivity contribution in [2.24, 2.45) is 5.14 Å². The summed E-state index contributed by atoms with van der Waals surface area (Å²) in [6.45, 7) is 6.08. The van der Waals surface area contributed by atoms with Crippen molar-refractivity contribution < 1.29 is 22.4 Å². The summed E-state index contributed by atoms with van der Waals surface area (Å²) in [6.07, 6.45) is 1.23. The van der Waals surface area contributed by atoms with Gasteiger partial charge in [0.15, 0.2) is 0 Å². The molecule has 10 nitrogen and oxygen atoms in total. The van der Waals surface area contributed by atoms with Gasteiger partial charge in [0.25, 0.3) is 5.91 Å². The average molecular weight is 448 g/mol. The maximum atomic E-state index is 12.2. The molecule has 0 unspecified atom stereocenters. The molecule has 0 saturated heterocycles. The zero-order valence-electron chi connectivity index (χ0n) is 17.6. The van der Waals surface area contributed by atoms with Crippen molar-refractivity contribution in [2.45, 2.75) is 51.5 Å². The number of sulfonamides is 1. The van der Waals surface area contributed by atoms with Crippen LogP contribution < -0.4 is 16.0 Å². The van der Waals surface area contributed by atoms with Crippen LogP contribution in [0.15, 0.2) is 33.6 Å². The van der Waals surface area contributed by atoms with Crippen LogP contribution >= 0.6 is 0 Å². The van der Waals surface area contributed by atoms with Crippen LogP contribution in [0.3, 0.4) is 0 Å². The number of aryl methyl sites for hydroxylation is 4. The third-order valence-electron chi connectivity index (χ3n) is 4.75. The van der Waals surface area contributed by atoms with Crippen molar-refractivity contribution in [3.63, 3.8) is 0 Å². The predicted molar refractivity (Wildman–Crippen MR) is 114 cm³/mol. The number of benzene rings is 1. The molecule has 11 heteroatoms. The first-order valence-electron chi connectivity index (χ1n) is 9.78. The Labute approximate surface area is 179 Å². The second-order valence-corrected chi connectivity index (χ2v) is 8.77. The Balaban J connectivity index is 1.69. The summed E-state index contributed by atoms with van der Waals surface area (Å²) in [7, 11) is -3.84. The number of carbonyl (C=O) groups excluding carboxylic acids is 2. The normalized spacial score (nSPS) is 11.6. The van der Waals surface area contributed by atoms with E-state index in [0.717, 1.165) is 11.9 Å². The van der Waals surface area contributed by atoms with Gasteiger partial charge >= 0.3 is 0 Å². The maximum Gasteiger partial charge on any atom is 0.273 e. The fraction of sp³-hybridized carbons (Fsp3) is 0.350. The van der Waals surface area contributed by atoms with Crippen LogP contribution in [0.2, 0.25) is 0 Å². The van der Waals surface area contributed by atoms with Gasteiger partial charge in [0.1, 0.15) is 17.3 Å². The third-order valence-corrected chi connectivity index (χ3v) is 5.66. The van der Waals surface area contributed by atoms with E-state index in [0.29, 0.717) is 41.4 Å². The molecule has 0 aliphatic carbocycles. The van der Waals surface area contributed by atoms with Crippen LogP contribution in [0.5, 0.6) is 0 Å². The van der Waals surface area contributed by atoms with Crippen molar-refractivity contribution in [1.29, 1.82) is 0 Å². The first-order chi connectivity index (χ1) is 14.6. The van der Waals surface area contributed by atoms with E-state index >= 15 is 0 Å². The Bertz CT molecular complexity index is 1240. The minimum atomic E-state index is -3.84. The number of nitrogens with two attached hydrogens (primary N) is 1. The van der Waals surface area contributed by atoms with Crippen LogP contribution in [-0.4, -0.2) is 29.8 Å². The molecule has 0 aliphatic rings. The van der Waals surface area contributed by atoms with Crippen LogP contribution in [0, 0.1) is 13.8 Å². The van der Waals surface area contributed by atoms with Crippen molar-refractivity contribution in [3.05, 3.63) is 47.2 Å². The van der Waals surface area contributed by atoms with Crippen LogP contribution in [0.4, 0.5) is 0 Å². The topological polar surface area (TPSA) is 149 Å². The van der Waals surface area contributed by atoms with Gasteiger partial charge in [0.2, 0.25) is 15.9 Å². The number of primary sulfonamides is 1. The van der Waals surface area contributed by atoms with E-state index in [1.165, 1.54) is 12.1 Å². The second kappa shape index (κ2) is 8.90. The average Bonchev–Trinajstić information content (AvgIpc) is 3.22. The summed E-state index contributed by atoms with van der Waals surface area (Å²) in [5, 5.41) is 5.20. The molecule has 31 heavy (non-hydrogen) atoms. The number of hydrazine groups is 1. The minimum Gasteiger partial charge on any atom is -0.466 e. The van der Waals surface area contributed by atoms with Gasteiger partial charge in [0.05, 0.1) is 21.5 Å². The highest BCUT2D eigenvalue weighted by atomic mass is 32.2. The number of fused-ring (bicyclic) bond motifs is 1. The molecule has 3 rings (SSSR count). The monoisotopic (exact) mass is 447 g/mol. The van der Waals surface area contributed by atoms with Crippen molar-refractivity contribution in [1.82, 2.24) is 20.4 Å². The Kier molecular flexibility index (Phi) is 6.46. The molecule has 0 radical (unpaired) electrons. The lowest BCUT2D eigenvalue weighted by atomic mass is 10.2. The first kappa shape index (κ1) is 22.5. The van der Waals surface area contributed by atoms with Crippen molar-refractivity contribution in [3.8, 4) is 0 Å². The number of amides is 2. The van der Waals surface area contributed by atoms with Gasteiger partial charge in [-0.2, -0.15) is 0 Å². The summed E-state index contributed by atoms with van der Waals surface area (Å²) in [5.41, 5.74) is 6.38. The highest BCUT2D eigenvalue weighted by Crippen LogP contribution is 2.21. The van der Waals surface area contributed by atoms with E-state index in [9.17, 15) is 18.0 Å². The van der Waals surface area contributed by atoms with Gasteiger partial charge in [-0.05, 0) is 44.5 Å². The van der Waals surface area contributed by atoms with Gasteiger partial charge in [0, 0.05) is 19.4 Å². The SMILES string of the molecule is CCCn1c(CCC(=O)NNC(=O)c2cc(C)oc2C)nc2cc(S(N)(=O)=O)ccc21. The smallest absolute Gasteiger partial charge is 0.273 e. The Hall–Kier alpha value is -3.18. The number of nitrogens with zero attached hydrogens (tertiary/aromatic N) is 2. The molecule has 166 valence electrons. The first-order valence-corrected chi connectivity index (χ1v) is 11.3. The molecule has 0 fully saturated rings. The predicted octanol–water partition coefficient (Wildman–Crippen LogP) is 1.70. The lowest BCUT2D eigenvalue weighted by molar-refractivity contribution is -0.121. The second-order valence-electron chi connectivity index (χ2n) is 7.20. The van der Waals surface area contributed by atoms with E-state index in [4.69, 9.17) is 9.56 Å². The lowest BCUT2D eigenvalue weighted by Crippen LogP contribution is -2.41. The Morgan fingerprint density at radius 3 is 2.55 bits per heavy atom. The lowest BCUT2D eigenvalue weighted by Gasteiger charge is -2.09. The standard InChI is InChI=1S/C20H25N5O5S/c1-4-9-25-17-6-5-14(31(21,28)29)11-16(17)22-18(25)7-8-19(26)23-24-20(27)15-10-12(2)30-13(15)3/h5-6,10-11H,4,7-9H2,1-3H3,(H,23,26)(H,24,27)(H2,21,28,29). The van der Waals surface area contributed by atoms with Crippen LogP contribution in [0.1, 0.15) is 47.5 Å². The van der Waals surface area contributed by atoms with Crippen molar-refractivity contribution in [2.75, 3.05) is 0 Å². The molecular weight excluding hydrogens is 422 g/mol. The molecule has 0 saturated carbocycles. The van der Waals surface area contributed by atoms with E-state index in [2.05, 4.69) is 15.8 Å². The minimum absolute atomic E-state index is 0.0158. The van der Waals surface area contributed by atoms with Gasteiger partial charge in [-0.25, -0.2) is 18.5 Å². The number of carbonyl (C=O) groups is 2. The van der Waals surface area contributed by atoms with Gasteiger partial charge < -0.3 is 8.98 Å². The molecule has 2 amide bonds. The van der Waals surface area contributed by atoms with E-state index in [1.54, 1.807) is 26.0 Å². The summed E-state index contributed by atoms with van der Waals surface area (Å²) < 4.78 is 30.5. The molecule has 4 N–H and O–H groups in total. The summed E-state index contributed by atoms with van der Waals surface area (Å²) >= 11 is 0. The van der Waals surface area contributed by atoms with Gasteiger partial charge in [-0.1, -0.05) is 6.92 Å². The maximum absolute atomic E-state index is 12.2. The fourth-order valence-corrected chi connectivity index (χ4v) is 3.87. The summed E-state index contributed by atoms with van der Waals surface area (Å²) in [5.74, 6) is 0.875. The third kappa shape index (κ3) is 5.12. The molecule has 2 aromatic heterocycles. The number of rotatable bonds is 7. The Morgan fingerprint density at radius 2 is 1.94 bits per heavy atom. The number of nitrogens with one attached hydrogen (secondary N) is 2. The number of furan rings is 1. The fourth-order valence-electron chi connectivity index (χ4n) is 3.34. The van der Waals surface area contributed by atoms with Gasteiger partial charge in [-0.15, -0.1) is 0 Å².